The number of carbonyl (C=O) groups is 1. The number of piperidine rings is 1. The molecule has 0 aliphatic carbocycles. The number of carbonyl (C=O) groups excluding carboxylic acids is 1. The average Bonchev–Trinajstić information content (AvgIpc) is 2.96. The molecule has 116 valence electrons. The number of hydrogen-bond acceptors (Lipinski definition) is 4. The summed E-state index contributed by atoms with van der Waals surface area (Å²) >= 11 is 6.10. The molecule has 5 nitrogen and oxygen atoms in total. The Labute approximate surface area is 133 Å². The number of ether oxygens (including phenoxy) is 1. The maximum absolute atomic E-state index is 12.3. The third-order valence-corrected chi connectivity index (χ3v) is 4.02. The molecule has 0 spiro atoms. The molecular formula is C16H17ClN2O3. The fourth-order valence-corrected chi connectivity index (χ4v) is 2.71. The molecule has 0 unspecified atom stereocenters. The molecule has 1 aromatic carbocycles. The maximum Gasteiger partial charge on any atom is 0.276 e. The molecule has 0 atom stereocenters. The summed E-state index contributed by atoms with van der Waals surface area (Å²) in [7, 11) is 0. The molecule has 0 saturated carbocycles. The van der Waals surface area contributed by atoms with Crippen LogP contribution >= 0.6 is 11.6 Å². The molecule has 22 heavy (non-hydrogen) atoms. The third-order valence-electron chi connectivity index (χ3n) is 3.71. The first-order valence-electron chi connectivity index (χ1n) is 7.27. The Morgan fingerprint density at radius 1 is 1.36 bits per heavy atom. The molecule has 1 aromatic heterocycles. The molecule has 2 aromatic rings. The van der Waals surface area contributed by atoms with Gasteiger partial charge in [0.1, 0.15) is 17.6 Å². The molecular weight excluding hydrogens is 304 g/mol. The van der Waals surface area contributed by atoms with Gasteiger partial charge in [-0.25, -0.2) is 0 Å². The molecule has 1 aliphatic heterocycles. The maximum atomic E-state index is 12.3. The van der Waals surface area contributed by atoms with Gasteiger partial charge < -0.3 is 14.2 Å². The number of para-hydroxylation sites is 1. The van der Waals surface area contributed by atoms with Crippen molar-refractivity contribution in [3.63, 3.8) is 0 Å². The van der Waals surface area contributed by atoms with Gasteiger partial charge in [-0.05, 0) is 19.1 Å². The van der Waals surface area contributed by atoms with E-state index >= 15 is 0 Å². The molecule has 3 rings (SSSR count). The van der Waals surface area contributed by atoms with Gasteiger partial charge in [0, 0.05) is 32.0 Å². The van der Waals surface area contributed by atoms with Gasteiger partial charge in [-0.15, -0.1) is 0 Å². The van der Waals surface area contributed by atoms with E-state index in [1.807, 2.05) is 24.3 Å². The smallest absolute Gasteiger partial charge is 0.276 e. The van der Waals surface area contributed by atoms with E-state index < -0.39 is 0 Å². The van der Waals surface area contributed by atoms with Crippen LogP contribution in [-0.4, -0.2) is 35.2 Å². The minimum Gasteiger partial charge on any atom is -0.489 e. The number of aromatic nitrogens is 1. The van der Waals surface area contributed by atoms with E-state index in [1.54, 1.807) is 17.9 Å². The van der Waals surface area contributed by atoms with Crippen molar-refractivity contribution in [1.29, 1.82) is 0 Å². The van der Waals surface area contributed by atoms with Crippen molar-refractivity contribution >= 4 is 17.5 Å². The van der Waals surface area contributed by atoms with Crippen molar-refractivity contribution in [3.8, 4) is 5.75 Å². The van der Waals surface area contributed by atoms with Gasteiger partial charge in [0.15, 0.2) is 5.69 Å². The van der Waals surface area contributed by atoms with Crippen LogP contribution in [0.2, 0.25) is 5.02 Å². The second kappa shape index (κ2) is 6.40. The van der Waals surface area contributed by atoms with Crippen molar-refractivity contribution in [3.05, 3.63) is 46.8 Å². The minimum absolute atomic E-state index is 0.0722. The topological polar surface area (TPSA) is 55.6 Å². The lowest BCUT2D eigenvalue weighted by Gasteiger charge is -2.31. The number of likely N-dealkylation sites (tertiary alicyclic amines) is 1. The summed E-state index contributed by atoms with van der Waals surface area (Å²) in [6.45, 7) is 3.05. The van der Waals surface area contributed by atoms with Crippen LogP contribution in [-0.2, 0) is 0 Å². The summed E-state index contributed by atoms with van der Waals surface area (Å²) < 4.78 is 10.9. The van der Waals surface area contributed by atoms with E-state index in [-0.39, 0.29) is 12.0 Å². The zero-order valence-electron chi connectivity index (χ0n) is 12.3. The van der Waals surface area contributed by atoms with E-state index in [2.05, 4.69) is 5.16 Å². The van der Waals surface area contributed by atoms with Gasteiger partial charge in [0.25, 0.3) is 5.91 Å². The highest BCUT2D eigenvalue weighted by atomic mass is 35.5. The highest BCUT2D eigenvalue weighted by Gasteiger charge is 2.26. The summed E-state index contributed by atoms with van der Waals surface area (Å²) in [5, 5.41) is 4.38. The van der Waals surface area contributed by atoms with E-state index in [9.17, 15) is 4.79 Å². The van der Waals surface area contributed by atoms with Crippen molar-refractivity contribution in [2.75, 3.05) is 13.1 Å². The summed E-state index contributed by atoms with van der Waals surface area (Å²) in [5.41, 5.74) is 0.364. The van der Waals surface area contributed by atoms with Gasteiger partial charge in [0.05, 0.1) is 5.02 Å². The lowest BCUT2D eigenvalue weighted by Crippen LogP contribution is -2.41. The fourth-order valence-electron chi connectivity index (χ4n) is 2.53. The van der Waals surface area contributed by atoms with E-state index in [0.717, 1.165) is 12.8 Å². The number of rotatable bonds is 3. The quantitative estimate of drug-likeness (QED) is 0.870. The average molecular weight is 321 g/mol. The van der Waals surface area contributed by atoms with Crippen molar-refractivity contribution in [1.82, 2.24) is 10.1 Å². The predicted octanol–water partition coefficient (Wildman–Crippen LogP) is 3.32. The molecule has 0 radical (unpaired) electrons. The number of amides is 1. The van der Waals surface area contributed by atoms with Gasteiger partial charge in [-0.2, -0.15) is 0 Å². The molecule has 1 saturated heterocycles. The summed E-state index contributed by atoms with van der Waals surface area (Å²) in [6, 6.07) is 9.10. The fraction of sp³-hybridized carbons (Fsp3) is 0.375. The predicted molar refractivity (Wildman–Crippen MR) is 82.2 cm³/mol. The third kappa shape index (κ3) is 3.25. The van der Waals surface area contributed by atoms with Crippen LogP contribution in [0, 0.1) is 6.92 Å². The van der Waals surface area contributed by atoms with Crippen LogP contribution in [0.1, 0.15) is 29.1 Å². The first-order valence-corrected chi connectivity index (χ1v) is 7.65. The zero-order valence-corrected chi connectivity index (χ0v) is 13.0. The number of benzene rings is 1. The molecule has 1 amide bonds. The Kier molecular flexibility index (Phi) is 4.34. The first kappa shape index (κ1) is 14.9. The van der Waals surface area contributed by atoms with Crippen molar-refractivity contribution < 1.29 is 14.1 Å². The first-order chi connectivity index (χ1) is 10.6. The van der Waals surface area contributed by atoms with Crippen LogP contribution in [0.25, 0.3) is 0 Å². The van der Waals surface area contributed by atoms with E-state index in [1.165, 1.54) is 0 Å². The molecule has 0 bridgehead atoms. The molecule has 0 N–H and O–H groups in total. The second-order valence-corrected chi connectivity index (χ2v) is 5.77. The standard InChI is InChI=1S/C16H17ClN2O3/c1-11-10-14(18-22-11)16(20)19-8-6-12(7-9-19)21-15-5-3-2-4-13(15)17/h2-5,10,12H,6-9H2,1H3. The van der Waals surface area contributed by atoms with Crippen LogP contribution < -0.4 is 4.74 Å². The summed E-state index contributed by atoms with van der Waals surface area (Å²) in [5.74, 6) is 1.24. The number of nitrogens with zero attached hydrogens (tertiary/aromatic N) is 2. The van der Waals surface area contributed by atoms with Crippen LogP contribution in [0.15, 0.2) is 34.9 Å². The Morgan fingerprint density at radius 2 is 2.09 bits per heavy atom. The normalized spacial score (nSPS) is 15.8. The van der Waals surface area contributed by atoms with E-state index in [0.29, 0.717) is 35.3 Å². The van der Waals surface area contributed by atoms with Crippen LogP contribution in [0.5, 0.6) is 5.75 Å². The van der Waals surface area contributed by atoms with Crippen LogP contribution in [0.3, 0.4) is 0 Å². The Bertz CT molecular complexity index is 663. The molecule has 1 aliphatic rings. The Balaban J connectivity index is 1.56. The van der Waals surface area contributed by atoms with Crippen molar-refractivity contribution in [2.45, 2.75) is 25.9 Å². The van der Waals surface area contributed by atoms with Crippen LogP contribution in [0.4, 0.5) is 0 Å². The SMILES string of the molecule is Cc1cc(C(=O)N2CCC(Oc3ccccc3Cl)CC2)no1. The lowest BCUT2D eigenvalue weighted by molar-refractivity contribution is 0.0586. The molecule has 2 heterocycles. The Morgan fingerprint density at radius 3 is 2.73 bits per heavy atom. The number of hydrogen-bond donors (Lipinski definition) is 0. The zero-order chi connectivity index (χ0) is 15.5. The highest BCUT2D eigenvalue weighted by Crippen LogP contribution is 2.27. The summed E-state index contributed by atoms with van der Waals surface area (Å²) in [6.07, 6.45) is 1.62. The number of halogens is 1. The molecule has 6 heteroatoms. The Hall–Kier alpha value is -2.01. The van der Waals surface area contributed by atoms with Gasteiger partial charge in [-0.1, -0.05) is 28.9 Å². The van der Waals surface area contributed by atoms with Gasteiger partial charge >= 0.3 is 0 Å². The monoisotopic (exact) mass is 320 g/mol. The lowest BCUT2D eigenvalue weighted by atomic mass is 10.1. The minimum atomic E-state index is -0.0898. The highest BCUT2D eigenvalue weighted by molar-refractivity contribution is 6.32. The van der Waals surface area contributed by atoms with E-state index in [4.69, 9.17) is 20.9 Å². The van der Waals surface area contributed by atoms with Crippen molar-refractivity contribution in [2.24, 2.45) is 0 Å². The van der Waals surface area contributed by atoms with Gasteiger partial charge in [-0.3, -0.25) is 4.79 Å². The second-order valence-electron chi connectivity index (χ2n) is 5.36. The largest absolute Gasteiger partial charge is 0.489 e. The molecule has 1 fully saturated rings. The summed E-state index contributed by atoms with van der Waals surface area (Å²) in [4.78, 5) is 14.1. The van der Waals surface area contributed by atoms with Gasteiger partial charge in [0.2, 0.25) is 0 Å². The number of aryl methyl sites for hydroxylation is 1.